The molecule has 0 bridgehead atoms. The summed E-state index contributed by atoms with van der Waals surface area (Å²) in [4.78, 5) is 26.3. The molecule has 1 aliphatic rings. The Hall–Kier alpha value is -3.71. The lowest BCUT2D eigenvalue weighted by atomic mass is 9.98. The van der Waals surface area contributed by atoms with Crippen molar-refractivity contribution in [3.63, 3.8) is 0 Å². The highest BCUT2D eigenvalue weighted by Gasteiger charge is 2.28. The number of nitrogens with one attached hydrogen (secondary N) is 1. The van der Waals surface area contributed by atoms with Gasteiger partial charge in [-0.15, -0.1) is 0 Å². The van der Waals surface area contributed by atoms with Gasteiger partial charge in [0.1, 0.15) is 6.61 Å². The van der Waals surface area contributed by atoms with Crippen LogP contribution in [0.1, 0.15) is 29.0 Å². The lowest BCUT2D eigenvalue weighted by Gasteiger charge is -2.14. The number of hydrogen-bond donors (Lipinski definition) is 1. The number of nitrogens with zero attached hydrogens (tertiary/aromatic N) is 2. The van der Waals surface area contributed by atoms with Crippen LogP contribution in [0.5, 0.6) is 0 Å². The molecule has 32 heavy (non-hydrogen) atoms. The minimum Gasteiger partial charge on any atom is -0.449 e. The van der Waals surface area contributed by atoms with Crippen LogP contribution in [0.2, 0.25) is 5.15 Å². The first kappa shape index (κ1) is 21.5. The SMILES string of the molecule is O=C(NCCC=Cc1cnc(Cl)c([N+](=O)[O-])c1)OCC1c2ccccc2-c2ccccc21. The van der Waals surface area contributed by atoms with Crippen molar-refractivity contribution < 1.29 is 14.5 Å². The third-order valence-corrected chi connectivity index (χ3v) is 5.56. The molecule has 8 heteroatoms. The van der Waals surface area contributed by atoms with Crippen molar-refractivity contribution in [3.05, 3.63) is 98.8 Å². The van der Waals surface area contributed by atoms with E-state index in [1.54, 1.807) is 12.2 Å². The summed E-state index contributed by atoms with van der Waals surface area (Å²) in [6.07, 6.45) is 4.98. The van der Waals surface area contributed by atoms with Gasteiger partial charge in [-0.2, -0.15) is 0 Å². The first-order chi connectivity index (χ1) is 15.5. The Labute approximate surface area is 189 Å². The molecule has 7 nitrogen and oxygen atoms in total. The Morgan fingerprint density at radius 1 is 1.16 bits per heavy atom. The molecule has 1 N–H and O–H groups in total. The smallest absolute Gasteiger partial charge is 0.407 e. The maximum Gasteiger partial charge on any atom is 0.407 e. The molecule has 1 amide bonds. The van der Waals surface area contributed by atoms with E-state index in [2.05, 4.69) is 34.6 Å². The fourth-order valence-corrected chi connectivity index (χ4v) is 3.97. The highest BCUT2D eigenvalue weighted by atomic mass is 35.5. The van der Waals surface area contributed by atoms with Crippen LogP contribution in [0.4, 0.5) is 10.5 Å². The number of fused-ring (bicyclic) bond motifs is 3. The van der Waals surface area contributed by atoms with E-state index in [-0.39, 0.29) is 23.4 Å². The number of carbonyl (C=O) groups excluding carboxylic acids is 1. The van der Waals surface area contributed by atoms with Gasteiger partial charge in [0.2, 0.25) is 5.15 Å². The number of carbonyl (C=O) groups is 1. The second kappa shape index (κ2) is 9.62. The van der Waals surface area contributed by atoms with Gasteiger partial charge in [-0.3, -0.25) is 10.1 Å². The number of rotatable bonds is 7. The van der Waals surface area contributed by atoms with Crippen molar-refractivity contribution in [3.8, 4) is 11.1 Å². The molecule has 162 valence electrons. The second-order valence-corrected chi connectivity index (χ2v) is 7.64. The molecular formula is C24H20ClN3O4. The number of amides is 1. The monoisotopic (exact) mass is 449 g/mol. The lowest BCUT2D eigenvalue weighted by molar-refractivity contribution is -0.385. The second-order valence-electron chi connectivity index (χ2n) is 7.28. The third kappa shape index (κ3) is 4.63. The van der Waals surface area contributed by atoms with Gasteiger partial charge in [0.15, 0.2) is 0 Å². The summed E-state index contributed by atoms with van der Waals surface area (Å²) in [5, 5.41) is 13.5. The Bertz CT molecular complexity index is 1150. The average molecular weight is 450 g/mol. The van der Waals surface area contributed by atoms with E-state index in [1.165, 1.54) is 23.4 Å². The van der Waals surface area contributed by atoms with Crippen LogP contribution in [-0.4, -0.2) is 29.2 Å². The fourth-order valence-electron chi connectivity index (χ4n) is 3.80. The van der Waals surface area contributed by atoms with Crippen LogP contribution in [0, 0.1) is 10.1 Å². The number of halogens is 1. The quantitative estimate of drug-likeness (QED) is 0.220. The summed E-state index contributed by atoms with van der Waals surface area (Å²) < 4.78 is 5.49. The number of aromatic nitrogens is 1. The van der Waals surface area contributed by atoms with Gasteiger partial charge in [0.25, 0.3) is 0 Å². The highest BCUT2D eigenvalue weighted by Crippen LogP contribution is 2.44. The molecule has 4 rings (SSSR count). The minimum atomic E-state index is -0.578. The Kier molecular flexibility index (Phi) is 6.47. The number of alkyl carbamates (subject to hydrolysis) is 1. The summed E-state index contributed by atoms with van der Waals surface area (Å²) in [6.45, 7) is 0.631. The number of ether oxygens (including phenoxy) is 1. The Morgan fingerprint density at radius 3 is 2.47 bits per heavy atom. The van der Waals surface area contributed by atoms with Crippen LogP contribution < -0.4 is 5.32 Å². The molecule has 0 aliphatic heterocycles. The standard InChI is InChI=1S/C24H20ClN3O4/c25-23-22(28(30)31)13-16(14-27-23)7-5-6-12-26-24(29)32-15-21-19-10-3-1-8-17(19)18-9-2-4-11-20(18)21/h1-5,7-11,13-14,21H,6,12,15H2,(H,26,29). The van der Waals surface area contributed by atoms with Crippen molar-refractivity contribution >= 4 is 29.5 Å². The van der Waals surface area contributed by atoms with Gasteiger partial charge >= 0.3 is 11.8 Å². The minimum absolute atomic E-state index is 0.0150. The molecule has 0 saturated carbocycles. The van der Waals surface area contributed by atoms with E-state index in [0.717, 1.165) is 11.1 Å². The van der Waals surface area contributed by atoms with E-state index < -0.39 is 11.0 Å². The van der Waals surface area contributed by atoms with Crippen LogP contribution >= 0.6 is 11.6 Å². The maximum atomic E-state index is 12.2. The average Bonchev–Trinajstić information content (AvgIpc) is 3.12. The van der Waals surface area contributed by atoms with Gasteiger partial charge in [0, 0.05) is 24.7 Å². The molecule has 0 atom stereocenters. The van der Waals surface area contributed by atoms with Crippen molar-refractivity contribution in [2.75, 3.05) is 13.2 Å². The zero-order valence-corrected chi connectivity index (χ0v) is 17.8. The predicted octanol–water partition coefficient (Wildman–Crippen LogP) is 5.59. The molecule has 0 spiro atoms. The van der Waals surface area contributed by atoms with Gasteiger partial charge in [-0.25, -0.2) is 9.78 Å². The molecule has 1 aromatic heterocycles. The van der Waals surface area contributed by atoms with Gasteiger partial charge in [0.05, 0.1) is 4.92 Å². The van der Waals surface area contributed by atoms with E-state index in [0.29, 0.717) is 18.5 Å². The molecule has 1 aliphatic carbocycles. The van der Waals surface area contributed by atoms with E-state index in [4.69, 9.17) is 16.3 Å². The van der Waals surface area contributed by atoms with Gasteiger partial charge < -0.3 is 10.1 Å². The van der Waals surface area contributed by atoms with E-state index in [1.807, 2.05) is 24.3 Å². The summed E-state index contributed by atoms with van der Waals surface area (Å²) in [7, 11) is 0. The molecule has 0 fully saturated rings. The van der Waals surface area contributed by atoms with Crippen molar-refractivity contribution in [1.82, 2.24) is 10.3 Å². The maximum absolute atomic E-state index is 12.2. The summed E-state index contributed by atoms with van der Waals surface area (Å²) in [6, 6.07) is 17.7. The first-order valence-electron chi connectivity index (χ1n) is 10.1. The largest absolute Gasteiger partial charge is 0.449 e. The number of benzene rings is 2. The lowest BCUT2D eigenvalue weighted by Crippen LogP contribution is -2.26. The highest BCUT2D eigenvalue weighted by molar-refractivity contribution is 6.31. The molecule has 0 saturated heterocycles. The van der Waals surface area contributed by atoms with E-state index in [9.17, 15) is 14.9 Å². The summed E-state index contributed by atoms with van der Waals surface area (Å²) in [5.74, 6) is 0.0150. The Morgan fingerprint density at radius 2 is 1.81 bits per heavy atom. The molecule has 1 heterocycles. The van der Waals surface area contributed by atoms with E-state index >= 15 is 0 Å². The van der Waals surface area contributed by atoms with Crippen molar-refractivity contribution in [1.29, 1.82) is 0 Å². The first-order valence-corrected chi connectivity index (χ1v) is 10.5. The molecular weight excluding hydrogens is 430 g/mol. The van der Waals surface area contributed by atoms with Crippen LogP contribution in [0.25, 0.3) is 17.2 Å². The molecule has 3 aromatic rings. The summed E-state index contributed by atoms with van der Waals surface area (Å²) in [5.41, 5.74) is 5.00. The van der Waals surface area contributed by atoms with Gasteiger partial charge in [-0.1, -0.05) is 72.3 Å². The topological polar surface area (TPSA) is 94.4 Å². The molecule has 0 unspecified atom stereocenters. The zero-order chi connectivity index (χ0) is 22.5. The van der Waals surface area contributed by atoms with Crippen LogP contribution in [0.15, 0.2) is 66.9 Å². The fraction of sp³-hybridized carbons (Fsp3) is 0.167. The van der Waals surface area contributed by atoms with Crippen molar-refractivity contribution in [2.24, 2.45) is 0 Å². The Balaban J connectivity index is 1.27. The predicted molar refractivity (Wildman–Crippen MR) is 123 cm³/mol. The molecule has 0 radical (unpaired) electrons. The zero-order valence-electron chi connectivity index (χ0n) is 17.0. The number of nitro groups is 1. The van der Waals surface area contributed by atoms with Crippen molar-refractivity contribution in [2.45, 2.75) is 12.3 Å². The van der Waals surface area contributed by atoms with Crippen LogP contribution in [-0.2, 0) is 4.74 Å². The molecule has 2 aromatic carbocycles. The normalized spacial score (nSPS) is 12.4. The number of pyridine rings is 1. The number of hydrogen-bond acceptors (Lipinski definition) is 5. The third-order valence-electron chi connectivity index (χ3n) is 5.27. The van der Waals surface area contributed by atoms with Gasteiger partial charge in [-0.05, 0) is 34.2 Å². The van der Waals surface area contributed by atoms with Crippen LogP contribution in [0.3, 0.4) is 0 Å². The summed E-state index contributed by atoms with van der Waals surface area (Å²) >= 11 is 5.70.